The van der Waals surface area contributed by atoms with Crippen LogP contribution in [-0.2, 0) is 15.1 Å². The van der Waals surface area contributed by atoms with Crippen molar-refractivity contribution in [3.05, 3.63) is 35.4 Å². The fourth-order valence-corrected chi connectivity index (χ4v) is 3.72. The molecule has 0 aliphatic heterocycles. The van der Waals surface area contributed by atoms with Crippen LogP contribution in [-0.4, -0.2) is 16.9 Å². The fourth-order valence-electron chi connectivity index (χ4n) is 3.72. The maximum Gasteiger partial charge on any atom is 0.303 e. The summed E-state index contributed by atoms with van der Waals surface area (Å²) in [5, 5.41) is 12.9. The Morgan fingerprint density at radius 3 is 2.90 bits per heavy atom. The second-order valence-electron chi connectivity index (χ2n) is 5.62. The van der Waals surface area contributed by atoms with Crippen LogP contribution >= 0.6 is 0 Å². The number of rotatable bonds is 1. The van der Waals surface area contributed by atoms with E-state index >= 15 is 0 Å². The van der Waals surface area contributed by atoms with Crippen molar-refractivity contribution in [2.75, 3.05) is 0 Å². The van der Waals surface area contributed by atoms with Crippen molar-refractivity contribution in [2.45, 2.75) is 50.5 Å². The minimum atomic E-state index is -0.836. The Kier molecular flexibility index (Phi) is 3.24. The summed E-state index contributed by atoms with van der Waals surface area (Å²) in [7, 11) is 0. The largest absolute Gasteiger partial charge is 0.447 e. The van der Waals surface area contributed by atoms with Crippen LogP contribution in [0.4, 0.5) is 0 Å². The summed E-state index contributed by atoms with van der Waals surface area (Å²) in [5.74, 6) is -0.208. The number of esters is 1. The van der Waals surface area contributed by atoms with Gasteiger partial charge in [0.15, 0.2) is 5.60 Å². The number of oxime groups is 1. The number of fused-ring (bicyclic) bond motifs is 4. The zero-order valence-corrected chi connectivity index (χ0v) is 11.6. The van der Waals surface area contributed by atoms with E-state index in [0.717, 1.165) is 31.2 Å². The van der Waals surface area contributed by atoms with Gasteiger partial charge in [-0.05, 0) is 24.8 Å². The molecule has 2 aliphatic rings. The molecule has 0 saturated heterocycles. The summed E-state index contributed by atoms with van der Waals surface area (Å²) >= 11 is 0. The number of nitrogens with zero attached hydrogens (tertiary/aromatic N) is 1. The van der Waals surface area contributed by atoms with E-state index in [9.17, 15) is 10.0 Å². The molecule has 20 heavy (non-hydrogen) atoms. The summed E-state index contributed by atoms with van der Waals surface area (Å²) in [5.41, 5.74) is 1.96. The van der Waals surface area contributed by atoms with E-state index in [0.29, 0.717) is 12.1 Å². The molecule has 2 atom stereocenters. The quantitative estimate of drug-likeness (QED) is 0.485. The van der Waals surface area contributed by atoms with Gasteiger partial charge < -0.3 is 9.94 Å². The Morgan fingerprint density at radius 2 is 2.15 bits per heavy atom. The minimum absolute atomic E-state index is 0.119. The maximum atomic E-state index is 11.6. The van der Waals surface area contributed by atoms with E-state index < -0.39 is 5.60 Å². The van der Waals surface area contributed by atoms with Gasteiger partial charge in [-0.15, -0.1) is 0 Å². The van der Waals surface area contributed by atoms with Gasteiger partial charge in [0.25, 0.3) is 0 Å². The summed E-state index contributed by atoms with van der Waals surface area (Å²) in [6, 6.07) is 8.00. The predicted octanol–water partition coefficient (Wildman–Crippen LogP) is 3.34. The van der Waals surface area contributed by atoms with Crippen LogP contribution in [0.3, 0.4) is 0 Å². The highest BCUT2D eigenvalue weighted by molar-refractivity contribution is 5.98. The summed E-state index contributed by atoms with van der Waals surface area (Å²) < 4.78 is 5.71. The van der Waals surface area contributed by atoms with Gasteiger partial charge in [0.05, 0.1) is 0 Å². The first-order valence-electron chi connectivity index (χ1n) is 7.20. The summed E-state index contributed by atoms with van der Waals surface area (Å²) in [4.78, 5) is 11.6. The molecule has 0 spiro atoms. The highest BCUT2D eigenvalue weighted by Gasteiger charge is 2.58. The number of benzene rings is 1. The fraction of sp³-hybridized carbons (Fsp3) is 0.500. The van der Waals surface area contributed by atoms with Crippen LogP contribution in [0.15, 0.2) is 29.4 Å². The van der Waals surface area contributed by atoms with Crippen molar-refractivity contribution >= 4 is 11.7 Å². The van der Waals surface area contributed by atoms with Crippen molar-refractivity contribution in [1.82, 2.24) is 0 Å². The van der Waals surface area contributed by atoms with E-state index in [1.54, 1.807) is 0 Å². The summed E-state index contributed by atoms with van der Waals surface area (Å²) in [6.45, 7) is 1.42. The molecule has 4 nitrogen and oxygen atoms in total. The highest BCUT2D eigenvalue weighted by Crippen LogP contribution is 2.57. The lowest BCUT2D eigenvalue weighted by atomic mass is 9.58. The van der Waals surface area contributed by atoms with E-state index in [1.165, 1.54) is 12.5 Å². The Labute approximate surface area is 118 Å². The lowest BCUT2D eigenvalue weighted by Crippen LogP contribution is -2.53. The number of hydrogen-bond acceptors (Lipinski definition) is 4. The summed E-state index contributed by atoms with van der Waals surface area (Å²) in [6.07, 6.45) is 4.84. The monoisotopic (exact) mass is 273 g/mol. The van der Waals surface area contributed by atoms with Gasteiger partial charge in [0, 0.05) is 18.4 Å². The number of carbonyl (C=O) groups excluding carboxylic acids is 1. The van der Waals surface area contributed by atoms with Crippen LogP contribution in [0.5, 0.6) is 0 Å². The van der Waals surface area contributed by atoms with Crippen LogP contribution in [0.2, 0.25) is 0 Å². The molecule has 0 heterocycles. The molecule has 0 bridgehead atoms. The van der Waals surface area contributed by atoms with Crippen LogP contribution in [0.25, 0.3) is 0 Å². The average Bonchev–Trinajstić information content (AvgIpc) is 2.42. The lowest BCUT2D eigenvalue weighted by molar-refractivity contribution is -0.156. The zero-order chi connectivity index (χ0) is 14.2. The van der Waals surface area contributed by atoms with Gasteiger partial charge >= 0.3 is 5.97 Å². The molecule has 1 N–H and O–H groups in total. The van der Waals surface area contributed by atoms with Gasteiger partial charge in [-0.2, -0.15) is 0 Å². The van der Waals surface area contributed by atoms with Gasteiger partial charge in [-0.25, -0.2) is 0 Å². The predicted molar refractivity (Wildman–Crippen MR) is 74.9 cm³/mol. The molecule has 3 rings (SSSR count). The van der Waals surface area contributed by atoms with Crippen molar-refractivity contribution in [3.63, 3.8) is 0 Å². The van der Waals surface area contributed by atoms with Crippen molar-refractivity contribution in [3.8, 4) is 0 Å². The molecule has 0 aromatic heterocycles. The minimum Gasteiger partial charge on any atom is -0.447 e. The van der Waals surface area contributed by atoms with E-state index in [4.69, 9.17) is 4.74 Å². The van der Waals surface area contributed by atoms with Gasteiger partial charge in [-0.1, -0.05) is 42.3 Å². The van der Waals surface area contributed by atoms with Gasteiger partial charge in [0.1, 0.15) is 5.71 Å². The van der Waals surface area contributed by atoms with Crippen LogP contribution in [0.1, 0.15) is 56.1 Å². The second-order valence-corrected chi connectivity index (χ2v) is 5.62. The molecular weight excluding hydrogens is 254 g/mol. The Hall–Kier alpha value is -1.84. The van der Waals surface area contributed by atoms with E-state index in [-0.39, 0.29) is 11.9 Å². The molecule has 0 unspecified atom stereocenters. The number of hydrogen-bond donors (Lipinski definition) is 1. The third-order valence-corrected chi connectivity index (χ3v) is 4.49. The molecule has 0 amide bonds. The number of ether oxygens (including phenoxy) is 1. The molecule has 0 radical (unpaired) electrons. The molecule has 1 fully saturated rings. The first-order valence-corrected chi connectivity index (χ1v) is 7.20. The third-order valence-electron chi connectivity index (χ3n) is 4.49. The molecule has 1 saturated carbocycles. The average molecular weight is 273 g/mol. The normalized spacial score (nSPS) is 30.4. The molecule has 1 aromatic rings. The second kappa shape index (κ2) is 4.93. The van der Waals surface area contributed by atoms with Crippen molar-refractivity contribution < 1.29 is 14.7 Å². The maximum absolute atomic E-state index is 11.6. The topological polar surface area (TPSA) is 58.9 Å². The number of carbonyl (C=O) groups is 1. The standard InChI is InChI=1S/C16H19NO3/c1-11(18)20-16-13(12-7-5-6-9-14(12)16)8-3-2-4-10-15(16)17-19/h5-7,9,13,19H,2-4,8,10H2,1H3/b17-15+/t13-,16-/m0/s1. The Morgan fingerprint density at radius 1 is 1.35 bits per heavy atom. The molecular formula is C16H19NO3. The molecule has 106 valence electrons. The molecule has 4 heteroatoms. The molecule has 2 aliphatic carbocycles. The highest BCUT2D eigenvalue weighted by atomic mass is 16.6. The smallest absolute Gasteiger partial charge is 0.303 e. The van der Waals surface area contributed by atoms with E-state index in [1.807, 2.05) is 18.2 Å². The van der Waals surface area contributed by atoms with Gasteiger partial charge in [-0.3, -0.25) is 4.79 Å². The first-order chi connectivity index (χ1) is 9.70. The third kappa shape index (κ3) is 1.74. The van der Waals surface area contributed by atoms with Crippen molar-refractivity contribution in [1.29, 1.82) is 0 Å². The first kappa shape index (κ1) is 13.2. The zero-order valence-electron chi connectivity index (χ0n) is 11.6. The van der Waals surface area contributed by atoms with Crippen molar-refractivity contribution in [2.24, 2.45) is 5.16 Å². The SMILES string of the molecule is CC(=O)O[C@@]12/C(=N/O)CCCCC[C@H]1c1ccccc12. The Balaban J connectivity index is 2.14. The van der Waals surface area contributed by atoms with E-state index in [2.05, 4.69) is 11.2 Å². The molecule has 1 aromatic carbocycles. The van der Waals surface area contributed by atoms with Crippen LogP contribution in [0, 0.1) is 0 Å². The Bertz CT molecular complexity index is 567. The lowest BCUT2D eigenvalue weighted by Gasteiger charge is -2.51. The van der Waals surface area contributed by atoms with Crippen LogP contribution < -0.4 is 0 Å². The van der Waals surface area contributed by atoms with Gasteiger partial charge in [0.2, 0.25) is 0 Å².